The number of anilines is 1. The first-order valence-electron chi connectivity index (χ1n) is 8.26. The van der Waals surface area contributed by atoms with Crippen LogP contribution in [0.1, 0.15) is 31.0 Å². The van der Waals surface area contributed by atoms with Crippen LogP contribution in [0.4, 0.5) is 5.69 Å². The first-order chi connectivity index (χ1) is 12.4. The van der Waals surface area contributed by atoms with Gasteiger partial charge in [-0.05, 0) is 36.2 Å². The average molecular weight is 371 g/mol. The summed E-state index contributed by atoms with van der Waals surface area (Å²) in [6.45, 7) is 3.93. The van der Waals surface area contributed by atoms with E-state index in [-0.39, 0.29) is 11.9 Å². The van der Waals surface area contributed by atoms with Crippen molar-refractivity contribution in [3.05, 3.63) is 75.1 Å². The fourth-order valence-electron chi connectivity index (χ4n) is 2.86. The minimum absolute atomic E-state index is 0.0182. The van der Waals surface area contributed by atoms with Crippen molar-refractivity contribution in [1.29, 1.82) is 0 Å². The van der Waals surface area contributed by atoms with Crippen LogP contribution in [0, 0.1) is 0 Å². The minimum atomic E-state index is -0.431. The fraction of sp³-hybridized carbons (Fsp3) is 0.200. The van der Waals surface area contributed by atoms with Gasteiger partial charge in [0.1, 0.15) is 5.58 Å². The van der Waals surface area contributed by atoms with E-state index in [1.165, 1.54) is 13.0 Å². The quantitative estimate of drug-likeness (QED) is 0.658. The summed E-state index contributed by atoms with van der Waals surface area (Å²) in [7, 11) is 0. The summed E-state index contributed by atoms with van der Waals surface area (Å²) in [6, 6.07) is 14.4. The fourth-order valence-corrected chi connectivity index (χ4v) is 3.16. The highest BCUT2D eigenvalue weighted by Gasteiger charge is 2.11. The first kappa shape index (κ1) is 18.2. The Labute approximate surface area is 156 Å². The third kappa shape index (κ3) is 4.12. The number of amides is 1. The molecule has 3 aromatic rings. The maximum atomic E-state index is 11.9. The number of rotatable bonds is 5. The molecule has 1 unspecified atom stereocenters. The van der Waals surface area contributed by atoms with Crippen LogP contribution in [-0.2, 0) is 11.3 Å². The Morgan fingerprint density at radius 1 is 1.19 bits per heavy atom. The monoisotopic (exact) mass is 370 g/mol. The smallest absolute Gasteiger partial charge is 0.336 e. The number of hydrogen-bond acceptors (Lipinski definition) is 4. The molecule has 3 rings (SSSR count). The van der Waals surface area contributed by atoms with Crippen LogP contribution in [0.3, 0.4) is 0 Å². The predicted octanol–water partition coefficient (Wildman–Crippen LogP) is 4.26. The van der Waals surface area contributed by atoms with E-state index >= 15 is 0 Å². The Bertz CT molecular complexity index is 1010. The highest BCUT2D eigenvalue weighted by molar-refractivity contribution is 6.31. The van der Waals surface area contributed by atoms with E-state index in [1.807, 2.05) is 37.3 Å². The van der Waals surface area contributed by atoms with Crippen LogP contribution in [0.15, 0.2) is 57.7 Å². The van der Waals surface area contributed by atoms with Gasteiger partial charge >= 0.3 is 5.63 Å². The van der Waals surface area contributed by atoms with Crippen LogP contribution < -0.4 is 16.3 Å². The van der Waals surface area contributed by atoms with Crippen LogP contribution in [0.5, 0.6) is 0 Å². The van der Waals surface area contributed by atoms with Gasteiger partial charge in [-0.3, -0.25) is 4.79 Å². The van der Waals surface area contributed by atoms with Gasteiger partial charge in [0.25, 0.3) is 0 Å². The zero-order valence-corrected chi connectivity index (χ0v) is 15.3. The number of fused-ring (bicyclic) bond motifs is 1. The second-order valence-electron chi connectivity index (χ2n) is 6.11. The molecule has 1 heterocycles. The molecule has 2 aromatic carbocycles. The normalized spacial score (nSPS) is 12.1. The molecule has 134 valence electrons. The molecule has 1 aromatic heterocycles. The molecule has 0 fully saturated rings. The number of halogens is 1. The van der Waals surface area contributed by atoms with Gasteiger partial charge in [0.05, 0.1) is 0 Å². The van der Waals surface area contributed by atoms with E-state index in [0.717, 1.165) is 16.5 Å². The van der Waals surface area contributed by atoms with Gasteiger partial charge in [0.15, 0.2) is 0 Å². The molecular weight excluding hydrogens is 352 g/mol. The Balaban J connectivity index is 1.86. The highest BCUT2D eigenvalue weighted by atomic mass is 35.5. The lowest BCUT2D eigenvalue weighted by atomic mass is 10.1. The van der Waals surface area contributed by atoms with E-state index in [2.05, 4.69) is 10.6 Å². The van der Waals surface area contributed by atoms with Crippen LogP contribution >= 0.6 is 11.6 Å². The molecule has 1 atom stereocenters. The predicted molar refractivity (Wildman–Crippen MR) is 103 cm³/mol. The van der Waals surface area contributed by atoms with Gasteiger partial charge in [-0.1, -0.05) is 29.8 Å². The molecular formula is C20H19ClN2O3. The van der Waals surface area contributed by atoms with E-state index in [0.29, 0.717) is 22.8 Å². The number of nitrogens with one attached hydrogen (secondary N) is 2. The molecule has 0 aliphatic heterocycles. The summed E-state index contributed by atoms with van der Waals surface area (Å²) in [5, 5.41) is 7.59. The second kappa shape index (κ2) is 7.72. The summed E-state index contributed by atoms with van der Waals surface area (Å²) in [6.07, 6.45) is 0. The lowest BCUT2D eigenvalue weighted by molar-refractivity contribution is -0.114. The first-order valence-corrected chi connectivity index (χ1v) is 8.64. The van der Waals surface area contributed by atoms with E-state index in [4.69, 9.17) is 16.0 Å². The SMILES string of the molecule is CC(=O)Nc1ccc2c(CNC(C)c3ccccc3Cl)cc(=O)oc2c1. The van der Waals surface area contributed by atoms with Crippen molar-refractivity contribution >= 4 is 34.2 Å². The molecule has 0 bridgehead atoms. The molecule has 2 N–H and O–H groups in total. The lowest BCUT2D eigenvalue weighted by Crippen LogP contribution is -2.19. The van der Waals surface area contributed by atoms with E-state index in [9.17, 15) is 9.59 Å². The van der Waals surface area contributed by atoms with Crippen molar-refractivity contribution in [1.82, 2.24) is 5.32 Å². The van der Waals surface area contributed by atoms with Gasteiger partial charge in [0.2, 0.25) is 5.91 Å². The third-order valence-electron chi connectivity index (χ3n) is 4.12. The van der Waals surface area contributed by atoms with Crippen LogP contribution in [-0.4, -0.2) is 5.91 Å². The number of hydrogen-bond donors (Lipinski definition) is 2. The van der Waals surface area contributed by atoms with Gasteiger partial charge in [0, 0.05) is 47.7 Å². The van der Waals surface area contributed by atoms with E-state index < -0.39 is 5.63 Å². The van der Waals surface area contributed by atoms with Gasteiger partial charge in [-0.2, -0.15) is 0 Å². The summed E-state index contributed by atoms with van der Waals surface area (Å²) in [5.41, 5.74) is 2.41. The van der Waals surface area contributed by atoms with Crippen molar-refractivity contribution in [2.24, 2.45) is 0 Å². The Hall–Kier alpha value is -2.63. The van der Waals surface area contributed by atoms with Gasteiger partial charge < -0.3 is 15.1 Å². The number of benzene rings is 2. The summed E-state index contributed by atoms with van der Waals surface area (Å²) in [5.74, 6) is -0.182. The summed E-state index contributed by atoms with van der Waals surface area (Å²) >= 11 is 6.24. The topological polar surface area (TPSA) is 71.3 Å². The Kier molecular flexibility index (Phi) is 5.40. The van der Waals surface area contributed by atoms with E-state index in [1.54, 1.807) is 12.1 Å². The largest absolute Gasteiger partial charge is 0.423 e. The summed E-state index contributed by atoms with van der Waals surface area (Å²) < 4.78 is 5.28. The second-order valence-corrected chi connectivity index (χ2v) is 6.51. The van der Waals surface area contributed by atoms with Gasteiger partial charge in [-0.25, -0.2) is 4.79 Å². The van der Waals surface area contributed by atoms with Crippen molar-refractivity contribution in [3.8, 4) is 0 Å². The molecule has 26 heavy (non-hydrogen) atoms. The van der Waals surface area contributed by atoms with Crippen molar-refractivity contribution in [2.75, 3.05) is 5.32 Å². The standard InChI is InChI=1S/C20H19ClN2O3/c1-12(16-5-3-4-6-18(16)21)22-11-14-9-20(25)26-19-10-15(23-13(2)24)7-8-17(14)19/h3-10,12,22H,11H2,1-2H3,(H,23,24). The molecule has 0 saturated heterocycles. The van der Waals surface area contributed by atoms with Crippen molar-refractivity contribution < 1.29 is 9.21 Å². The lowest BCUT2D eigenvalue weighted by Gasteiger charge is -2.16. The molecule has 0 aliphatic carbocycles. The third-order valence-corrected chi connectivity index (χ3v) is 4.47. The molecule has 0 spiro atoms. The van der Waals surface area contributed by atoms with Crippen molar-refractivity contribution in [2.45, 2.75) is 26.4 Å². The van der Waals surface area contributed by atoms with Gasteiger partial charge in [-0.15, -0.1) is 0 Å². The van der Waals surface area contributed by atoms with Crippen molar-refractivity contribution in [3.63, 3.8) is 0 Å². The zero-order valence-electron chi connectivity index (χ0n) is 14.5. The molecule has 0 radical (unpaired) electrons. The minimum Gasteiger partial charge on any atom is -0.423 e. The molecule has 0 aliphatic rings. The Morgan fingerprint density at radius 3 is 2.69 bits per heavy atom. The molecule has 0 saturated carbocycles. The number of carbonyl (C=O) groups is 1. The van der Waals surface area contributed by atoms with Crippen LogP contribution in [0.2, 0.25) is 5.02 Å². The average Bonchev–Trinajstić information content (AvgIpc) is 2.58. The Morgan fingerprint density at radius 2 is 1.96 bits per heavy atom. The number of carbonyl (C=O) groups excluding carboxylic acids is 1. The highest BCUT2D eigenvalue weighted by Crippen LogP contribution is 2.24. The maximum absolute atomic E-state index is 11.9. The summed E-state index contributed by atoms with van der Waals surface area (Å²) in [4.78, 5) is 23.1. The van der Waals surface area contributed by atoms with Crippen LogP contribution in [0.25, 0.3) is 11.0 Å². The zero-order chi connectivity index (χ0) is 18.7. The molecule has 1 amide bonds. The molecule has 5 nitrogen and oxygen atoms in total. The molecule has 6 heteroatoms. The maximum Gasteiger partial charge on any atom is 0.336 e.